The Kier molecular flexibility index (Phi) is 2.08. The topological polar surface area (TPSA) is 78.2 Å². The molecule has 0 aromatic heterocycles. The molecular weight excluding hydrogens is 178 g/mol. The highest BCUT2D eigenvalue weighted by Crippen LogP contribution is 2.20. The molecule has 66 valence electrons. The maximum absolute atomic E-state index is 10.7. The summed E-state index contributed by atoms with van der Waals surface area (Å²) in [5.74, 6) is 0. The van der Waals surface area contributed by atoms with Crippen LogP contribution in [0.3, 0.4) is 0 Å². The van der Waals surface area contributed by atoms with E-state index in [2.05, 4.69) is 0 Å². The third-order valence-electron chi connectivity index (χ3n) is 1.47. The van der Waals surface area contributed by atoms with E-state index in [4.69, 9.17) is 10.3 Å². The molecule has 0 amide bonds. The quantitative estimate of drug-likeness (QED) is 0.680. The highest BCUT2D eigenvalue weighted by atomic mass is 32.2. The molecule has 1 rings (SSSR count). The van der Waals surface area contributed by atoms with Crippen LogP contribution in [0.4, 0.5) is 5.69 Å². The van der Waals surface area contributed by atoms with Gasteiger partial charge in [0.25, 0.3) is 10.1 Å². The zero-order valence-electron chi connectivity index (χ0n) is 6.40. The van der Waals surface area contributed by atoms with Crippen molar-refractivity contribution >= 4 is 15.8 Å². The first-order valence-electron chi connectivity index (χ1n) is 3.21. The largest absolute Gasteiger partial charge is 0.699 e. The van der Waals surface area contributed by atoms with Crippen LogP contribution < -0.4 is 0 Å². The Morgan fingerprint density at radius 2 is 2.00 bits per heavy atom. The molecule has 0 atom stereocenters. The van der Waals surface area contributed by atoms with E-state index in [9.17, 15) is 8.42 Å². The summed E-state index contributed by atoms with van der Waals surface area (Å²) in [7, 11) is -4.18. The molecule has 0 aliphatic carbocycles. The van der Waals surface area contributed by atoms with E-state index in [0.29, 0.717) is 5.56 Å². The predicted molar refractivity (Wildman–Crippen MR) is 45.0 cm³/mol. The molecule has 0 bridgehead atoms. The van der Waals surface area contributed by atoms with Gasteiger partial charge in [0.05, 0.1) is 4.90 Å². The van der Waals surface area contributed by atoms with Crippen LogP contribution >= 0.6 is 0 Å². The van der Waals surface area contributed by atoms with Crippen molar-refractivity contribution < 1.29 is 13.0 Å². The third-order valence-corrected chi connectivity index (χ3v) is 2.46. The van der Waals surface area contributed by atoms with Crippen molar-refractivity contribution in [3.8, 4) is 0 Å². The lowest BCUT2D eigenvalue weighted by molar-refractivity contribution is 0.482. The fraction of sp³-hybridized carbons (Fsp3) is 0.143. The van der Waals surface area contributed by atoms with Crippen LogP contribution in [0.2, 0.25) is 0 Å². The zero-order chi connectivity index (χ0) is 9.35. The molecule has 0 saturated heterocycles. The molecule has 2 N–H and O–H groups in total. The van der Waals surface area contributed by atoms with Crippen LogP contribution in [0.15, 0.2) is 23.1 Å². The lowest BCUT2D eigenvalue weighted by Gasteiger charge is -2.07. The average molecular weight is 186 g/mol. The average Bonchev–Trinajstić information content (AvgIpc) is 1.92. The van der Waals surface area contributed by atoms with Gasteiger partial charge >= 0.3 is 0 Å². The van der Waals surface area contributed by atoms with E-state index >= 15 is 0 Å². The lowest BCUT2D eigenvalue weighted by atomic mass is 10.2. The van der Waals surface area contributed by atoms with Gasteiger partial charge < -0.3 is 5.73 Å². The van der Waals surface area contributed by atoms with Crippen molar-refractivity contribution in [2.75, 3.05) is 0 Å². The van der Waals surface area contributed by atoms with Gasteiger partial charge in [0.15, 0.2) is 0 Å². The molecule has 0 aliphatic heterocycles. The van der Waals surface area contributed by atoms with Gasteiger partial charge in [-0.15, -0.1) is 5.69 Å². The molecule has 1 aromatic rings. The molecule has 4 nitrogen and oxygen atoms in total. The normalized spacial score (nSPS) is 11.5. The molecule has 1 aromatic carbocycles. The molecule has 0 fully saturated rings. The monoisotopic (exact) mass is 186 g/mol. The molecule has 0 heterocycles. The number of benzene rings is 1. The summed E-state index contributed by atoms with van der Waals surface area (Å²) in [6, 6.07) is 4.06. The first-order valence-corrected chi connectivity index (χ1v) is 4.65. The van der Waals surface area contributed by atoms with E-state index in [1.807, 2.05) is 0 Å². The van der Waals surface area contributed by atoms with Gasteiger partial charge in [0.2, 0.25) is 0 Å². The summed E-state index contributed by atoms with van der Waals surface area (Å²) >= 11 is 0. The van der Waals surface area contributed by atoms with Gasteiger partial charge in [-0.05, 0) is 12.5 Å². The number of rotatable bonds is 1. The maximum Gasteiger partial charge on any atom is 0.294 e. The van der Waals surface area contributed by atoms with Crippen molar-refractivity contribution in [2.45, 2.75) is 11.8 Å². The van der Waals surface area contributed by atoms with Gasteiger partial charge in [0, 0.05) is 0 Å². The Morgan fingerprint density at radius 1 is 1.42 bits per heavy atom. The van der Waals surface area contributed by atoms with Crippen LogP contribution in [0, 0.1) is 6.92 Å². The highest BCUT2D eigenvalue weighted by Gasteiger charge is 2.11. The SMILES string of the molecule is Cc1ccc([NH-])cc1S(=O)(=O)O. The number of hydrogen-bond donors (Lipinski definition) is 1. The van der Waals surface area contributed by atoms with E-state index in [1.165, 1.54) is 12.1 Å². The van der Waals surface area contributed by atoms with Crippen LogP contribution in [0.25, 0.3) is 5.73 Å². The summed E-state index contributed by atoms with van der Waals surface area (Å²) in [5.41, 5.74) is 7.64. The number of hydrogen-bond acceptors (Lipinski definition) is 2. The molecule has 0 saturated carbocycles. The molecule has 12 heavy (non-hydrogen) atoms. The Balaban J connectivity index is 3.43. The first kappa shape index (κ1) is 9.02. The summed E-state index contributed by atoms with van der Waals surface area (Å²) in [6.45, 7) is 1.56. The third kappa shape index (κ3) is 1.75. The maximum atomic E-state index is 10.7. The molecule has 0 unspecified atom stereocenters. The van der Waals surface area contributed by atoms with Crippen molar-refractivity contribution in [3.05, 3.63) is 29.5 Å². The van der Waals surface area contributed by atoms with Crippen LogP contribution in [-0.2, 0) is 10.1 Å². The van der Waals surface area contributed by atoms with E-state index in [-0.39, 0.29) is 10.6 Å². The van der Waals surface area contributed by atoms with Gasteiger partial charge in [0.1, 0.15) is 0 Å². The fourth-order valence-corrected chi connectivity index (χ4v) is 1.63. The molecular formula is C7H8NO3S-. The lowest BCUT2D eigenvalue weighted by Crippen LogP contribution is -1.99. The fourth-order valence-electron chi connectivity index (χ4n) is 0.878. The standard InChI is InChI=1S/C7H8NO3S/c1-5-2-3-6(8)4-7(5)12(9,10)11/h2-4,8H,1H3,(H,9,10,11)/q-1. The van der Waals surface area contributed by atoms with Crippen LogP contribution in [-0.4, -0.2) is 13.0 Å². The predicted octanol–water partition coefficient (Wildman–Crippen LogP) is 1.93. The van der Waals surface area contributed by atoms with Crippen molar-refractivity contribution in [3.63, 3.8) is 0 Å². The second kappa shape index (κ2) is 2.76. The van der Waals surface area contributed by atoms with E-state index in [1.54, 1.807) is 6.92 Å². The van der Waals surface area contributed by atoms with E-state index in [0.717, 1.165) is 6.07 Å². The van der Waals surface area contributed by atoms with Crippen LogP contribution in [0.1, 0.15) is 5.56 Å². The van der Waals surface area contributed by atoms with Crippen molar-refractivity contribution in [1.29, 1.82) is 0 Å². The molecule has 0 spiro atoms. The Bertz CT molecular complexity index is 397. The van der Waals surface area contributed by atoms with Crippen LogP contribution in [0.5, 0.6) is 0 Å². The van der Waals surface area contributed by atoms with Gasteiger partial charge in [-0.1, -0.05) is 18.2 Å². The minimum atomic E-state index is -4.18. The Hall–Kier alpha value is -1.07. The summed E-state index contributed by atoms with van der Waals surface area (Å²) in [6.07, 6.45) is 0. The molecule has 0 aliphatic rings. The zero-order valence-corrected chi connectivity index (χ0v) is 7.22. The van der Waals surface area contributed by atoms with Gasteiger partial charge in [-0.3, -0.25) is 4.55 Å². The Morgan fingerprint density at radius 3 is 2.42 bits per heavy atom. The number of nitrogens with one attached hydrogen (secondary N) is 1. The summed E-state index contributed by atoms with van der Waals surface area (Å²) in [4.78, 5) is -0.199. The van der Waals surface area contributed by atoms with Crippen molar-refractivity contribution in [1.82, 2.24) is 0 Å². The minimum Gasteiger partial charge on any atom is -0.699 e. The minimum absolute atomic E-state index is 0.0632. The second-order valence-electron chi connectivity index (χ2n) is 2.46. The summed E-state index contributed by atoms with van der Waals surface area (Å²) in [5, 5.41) is 0. The number of aryl methyl sites for hydroxylation is 1. The highest BCUT2D eigenvalue weighted by molar-refractivity contribution is 7.85. The smallest absolute Gasteiger partial charge is 0.294 e. The Labute approximate surface area is 70.8 Å². The first-order chi connectivity index (χ1) is 5.41. The second-order valence-corrected chi connectivity index (χ2v) is 3.85. The van der Waals surface area contributed by atoms with E-state index < -0.39 is 10.1 Å². The molecule has 5 heteroatoms. The van der Waals surface area contributed by atoms with Crippen molar-refractivity contribution in [2.24, 2.45) is 0 Å². The van der Waals surface area contributed by atoms with Gasteiger partial charge in [-0.25, -0.2) is 0 Å². The molecule has 0 radical (unpaired) electrons. The van der Waals surface area contributed by atoms with Gasteiger partial charge in [-0.2, -0.15) is 8.42 Å². The summed E-state index contributed by atoms with van der Waals surface area (Å²) < 4.78 is 30.0.